The Labute approximate surface area is 130 Å². The van der Waals surface area contributed by atoms with E-state index in [1.165, 1.54) is 24.8 Å². The lowest BCUT2D eigenvalue weighted by Crippen LogP contribution is -2.42. The van der Waals surface area contributed by atoms with Gasteiger partial charge in [-0.2, -0.15) is 0 Å². The lowest BCUT2D eigenvalue weighted by molar-refractivity contribution is -0.161. The van der Waals surface area contributed by atoms with Crippen molar-refractivity contribution in [3.05, 3.63) is 12.7 Å². The van der Waals surface area contributed by atoms with Crippen molar-refractivity contribution in [3.63, 3.8) is 0 Å². The quantitative estimate of drug-likeness (QED) is 0.448. The molecular weight excluding hydrogens is 290 g/mol. The summed E-state index contributed by atoms with van der Waals surface area (Å²) in [4.78, 5) is 36.1. The zero-order valence-electron chi connectivity index (χ0n) is 13.6. The van der Waals surface area contributed by atoms with Gasteiger partial charge in [-0.1, -0.05) is 6.08 Å². The van der Waals surface area contributed by atoms with Gasteiger partial charge in [0.05, 0.1) is 12.6 Å². The largest absolute Gasteiger partial charge is 0.457 e. The highest BCUT2D eigenvalue weighted by molar-refractivity contribution is 5.71. The first-order chi connectivity index (χ1) is 10.0. The Bertz CT molecular complexity index is 467. The molecule has 0 aromatic carbocycles. The van der Waals surface area contributed by atoms with Gasteiger partial charge in [-0.05, 0) is 20.8 Å². The predicted octanol–water partition coefficient (Wildman–Crippen LogP) is 1.66. The maximum atomic E-state index is 12.3. The van der Waals surface area contributed by atoms with Crippen LogP contribution in [-0.2, 0) is 23.8 Å². The molecule has 1 aliphatic heterocycles. The maximum Gasteiger partial charge on any atom is 0.411 e. The number of likely N-dealkylation sites (tertiary alicyclic amines) is 1. The number of amides is 1. The summed E-state index contributed by atoms with van der Waals surface area (Å²) in [5, 5.41) is 0. The Kier molecular flexibility index (Phi) is 5.57. The van der Waals surface area contributed by atoms with Crippen LogP contribution in [0.1, 0.15) is 34.6 Å². The lowest BCUT2D eigenvalue weighted by atomic mass is 10.1. The second kappa shape index (κ2) is 6.81. The number of nitrogens with zero attached hydrogens (tertiary/aromatic N) is 1. The van der Waals surface area contributed by atoms with Crippen molar-refractivity contribution in [2.75, 3.05) is 6.54 Å². The third-order valence-corrected chi connectivity index (χ3v) is 2.93. The maximum absolute atomic E-state index is 12.3. The number of ether oxygens (including phenoxy) is 3. The van der Waals surface area contributed by atoms with E-state index in [2.05, 4.69) is 6.58 Å². The normalized spacial score (nSPS) is 24.6. The summed E-state index contributed by atoms with van der Waals surface area (Å²) in [7, 11) is 0. The Morgan fingerprint density at radius 3 is 2.09 bits per heavy atom. The number of carbonyl (C=O) groups excluding carboxylic acids is 3. The topological polar surface area (TPSA) is 82.1 Å². The highest BCUT2D eigenvalue weighted by Gasteiger charge is 2.47. The number of rotatable bonds is 3. The van der Waals surface area contributed by atoms with Crippen LogP contribution in [0.25, 0.3) is 0 Å². The fourth-order valence-electron chi connectivity index (χ4n) is 2.25. The molecule has 0 N–H and O–H groups in total. The molecule has 7 heteroatoms. The predicted molar refractivity (Wildman–Crippen MR) is 78.0 cm³/mol. The van der Waals surface area contributed by atoms with Crippen molar-refractivity contribution in [3.8, 4) is 0 Å². The molecule has 1 fully saturated rings. The van der Waals surface area contributed by atoms with Crippen LogP contribution >= 0.6 is 0 Å². The van der Waals surface area contributed by atoms with Gasteiger partial charge in [0.1, 0.15) is 5.60 Å². The number of hydrogen-bond donors (Lipinski definition) is 0. The molecule has 0 saturated carbocycles. The van der Waals surface area contributed by atoms with Crippen LogP contribution in [0.15, 0.2) is 12.7 Å². The van der Waals surface area contributed by atoms with E-state index in [0.29, 0.717) is 0 Å². The minimum Gasteiger partial charge on any atom is -0.457 e. The highest BCUT2D eigenvalue weighted by Crippen LogP contribution is 2.27. The summed E-state index contributed by atoms with van der Waals surface area (Å²) in [6.45, 7) is 11.5. The van der Waals surface area contributed by atoms with Gasteiger partial charge in [-0.3, -0.25) is 14.5 Å². The molecule has 1 saturated heterocycles. The molecule has 0 aromatic rings. The van der Waals surface area contributed by atoms with E-state index in [1.54, 1.807) is 20.8 Å². The molecule has 0 radical (unpaired) electrons. The second-order valence-electron chi connectivity index (χ2n) is 6.08. The zero-order chi connectivity index (χ0) is 17.1. The monoisotopic (exact) mass is 313 g/mol. The van der Waals surface area contributed by atoms with Gasteiger partial charge in [0.15, 0.2) is 12.2 Å². The third-order valence-electron chi connectivity index (χ3n) is 2.93. The SMILES string of the molecule is C=C[C@H]1[C@@H](OC(C)=O)[C@H](OC(C)=O)CN1C(=O)OC(C)(C)C. The first-order valence-corrected chi connectivity index (χ1v) is 7.01. The number of esters is 2. The highest BCUT2D eigenvalue weighted by atomic mass is 16.6. The van der Waals surface area contributed by atoms with Crippen molar-refractivity contribution in [2.45, 2.75) is 58.5 Å². The Balaban J connectivity index is 2.99. The molecule has 1 amide bonds. The fourth-order valence-corrected chi connectivity index (χ4v) is 2.25. The summed E-state index contributed by atoms with van der Waals surface area (Å²) in [5.41, 5.74) is -0.667. The first kappa shape index (κ1) is 18.0. The Morgan fingerprint density at radius 1 is 1.14 bits per heavy atom. The standard InChI is InChI=1S/C15H23NO6/c1-7-11-13(21-10(3)18)12(20-9(2)17)8-16(11)14(19)22-15(4,5)6/h7,11-13H,1,8H2,2-6H3/t11-,12+,13+/m0/s1. The smallest absolute Gasteiger partial charge is 0.411 e. The Morgan fingerprint density at radius 2 is 1.68 bits per heavy atom. The van der Waals surface area contributed by atoms with Gasteiger partial charge in [0.2, 0.25) is 0 Å². The molecular formula is C15H23NO6. The van der Waals surface area contributed by atoms with Crippen LogP contribution in [-0.4, -0.2) is 53.3 Å². The molecule has 3 atom stereocenters. The van der Waals surface area contributed by atoms with Crippen LogP contribution in [0.3, 0.4) is 0 Å². The van der Waals surface area contributed by atoms with E-state index in [9.17, 15) is 14.4 Å². The fraction of sp³-hybridized carbons (Fsp3) is 0.667. The molecule has 0 spiro atoms. The molecule has 1 heterocycles. The van der Waals surface area contributed by atoms with Crippen LogP contribution < -0.4 is 0 Å². The number of hydrogen-bond acceptors (Lipinski definition) is 6. The molecule has 7 nitrogen and oxygen atoms in total. The van der Waals surface area contributed by atoms with Crippen LogP contribution in [0, 0.1) is 0 Å². The van der Waals surface area contributed by atoms with E-state index in [-0.39, 0.29) is 6.54 Å². The number of carbonyl (C=O) groups is 3. The van der Waals surface area contributed by atoms with Crippen LogP contribution in [0.4, 0.5) is 4.79 Å². The summed E-state index contributed by atoms with van der Waals surface area (Å²) in [6.07, 6.45) is -0.659. The van der Waals surface area contributed by atoms with Crippen molar-refractivity contribution in [2.24, 2.45) is 0 Å². The van der Waals surface area contributed by atoms with Gasteiger partial charge in [-0.25, -0.2) is 4.79 Å². The molecule has 0 unspecified atom stereocenters. The van der Waals surface area contributed by atoms with E-state index < -0.39 is 41.9 Å². The summed E-state index contributed by atoms with van der Waals surface area (Å²) in [6, 6.07) is -0.622. The van der Waals surface area contributed by atoms with Crippen molar-refractivity contribution in [1.82, 2.24) is 4.90 Å². The molecule has 22 heavy (non-hydrogen) atoms. The molecule has 0 aromatic heterocycles. The Hall–Kier alpha value is -2.05. The van der Waals surface area contributed by atoms with E-state index in [1.807, 2.05) is 0 Å². The second-order valence-corrected chi connectivity index (χ2v) is 6.08. The third kappa shape index (κ3) is 4.75. The summed E-state index contributed by atoms with van der Waals surface area (Å²) >= 11 is 0. The molecule has 0 aliphatic carbocycles. The lowest BCUT2D eigenvalue weighted by Gasteiger charge is -2.28. The van der Waals surface area contributed by atoms with E-state index >= 15 is 0 Å². The van der Waals surface area contributed by atoms with Gasteiger partial charge < -0.3 is 14.2 Å². The first-order valence-electron chi connectivity index (χ1n) is 7.01. The van der Waals surface area contributed by atoms with Gasteiger partial charge in [-0.15, -0.1) is 6.58 Å². The molecule has 124 valence electrons. The van der Waals surface area contributed by atoms with E-state index in [0.717, 1.165) is 0 Å². The van der Waals surface area contributed by atoms with E-state index in [4.69, 9.17) is 14.2 Å². The summed E-state index contributed by atoms with van der Waals surface area (Å²) in [5.74, 6) is -1.05. The summed E-state index contributed by atoms with van der Waals surface area (Å²) < 4.78 is 15.7. The average Bonchev–Trinajstić information content (AvgIpc) is 2.64. The average molecular weight is 313 g/mol. The van der Waals surface area contributed by atoms with Crippen molar-refractivity contribution < 1.29 is 28.6 Å². The van der Waals surface area contributed by atoms with Crippen LogP contribution in [0.2, 0.25) is 0 Å². The van der Waals surface area contributed by atoms with Gasteiger partial charge in [0.25, 0.3) is 0 Å². The molecule has 1 aliphatic rings. The van der Waals surface area contributed by atoms with Crippen molar-refractivity contribution >= 4 is 18.0 Å². The zero-order valence-corrected chi connectivity index (χ0v) is 13.6. The van der Waals surface area contributed by atoms with Crippen LogP contribution in [0.5, 0.6) is 0 Å². The van der Waals surface area contributed by atoms with Gasteiger partial charge >= 0.3 is 18.0 Å². The molecule has 1 rings (SSSR count). The van der Waals surface area contributed by atoms with Crippen molar-refractivity contribution in [1.29, 1.82) is 0 Å². The van der Waals surface area contributed by atoms with Gasteiger partial charge in [0, 0.05) is 13.8 Å². The molecule has 0 bridgehead atoms. The minimum atomic E-state index is -0.800. The minimum absolute atomic E-state index is 0.0725.